The van der Waals surface area contributed by atoms with E-state index in [1.807, 2.05) is 24.3 Å². The molecule has 0 atom stereocenters. The van der Waals surface area contributed by atoms with Crippen molar-refractivity contribution in [2.75, 3.05) is 7.11 Å². The molecule has 0 radical (unpaired) electrons. The van der Waals surface area contributed by atoms with Gasteiger partial charge in [-0.05, 0) is 30.5 Å². The molecule has 3 heteroatoms. The first-order valence-corrected chi connectivity index (χ1v) is 4.15. The quantitative estimate of drug-likeness (QED) is 0.437. The standard InChI is InChI=1S/C10H13NO2/c1-13-10-6-4-9(5-7-10)3-2-8-11-12/h4-8,12H,2-3H2,1H3. The molecule has 0 heterocycles. The summed E-state index contributed by atoms with van der Waals surface area (Å²) in [6.45, 7) is 0. The first-order chi connectivity index (χ1) is 6.36. The fourth-order valence-corrected chi connectivity index (χ4v) is 1.08. The summed E-state index contributed by atoms with van der Waals surface area (Å²) in [5.41, 5.74) is 1.21. The van der Waals surface area contributed by atoms with Gasteiger partial charge in [-0.1, -0.05) is 12.1 Å². The largest absolute Gasteiger partial charge is 0.497 e. The maximum atomic E-state index is 8.18. The summed E-state index contributed by atoms with van der Waals surface area (Å²) >= 11 is 0. The molecular weight excluding hydrogens is 166 g/mol. The predicted molar refractivity (Wildman–Crippen MR) is 51.6 cm³/mol. The summed E-state index contributed by atoms with van der Waals surface area (Å²) in [7, 11) is 1.65. The molecule has 0 saturated heterocycles. The third-order valence-electron chi connectivity index (χ3n) is 1.80. The van der Waals surface area contributed by atoms with E-state index in [1.165, 1.54) is 11.8 Å². The Bertz CT molecular complexity index is 267. The van der Waals surface area contributed by atoms with Gasteiger partial charge in [0.1, 0.15) is 5.75 Å². The monoisotopic (exact) mass is 179 g/mol. The van der Waals surface area contributed by atoms with E-state index in [0.29, 0.717) is 0 Å². The van der Waals surface area contributed by atoms with E-state index in [0.717, 1.165) is 18.6 Å². The summed E-state index contributed by atoms with van der Waals surface area (Å²) in [5, 5.41) is 11.1. The third-order valence-corrected chi connectivity index (χ3v) is 1.80. The molecule has 0 bridgehead atoms. The lowest BCUT2D eigenvalue weighted by Crippen LogP contribution is -1.87. The molecule has 1 aromatic rings. The molecule has 0 amide bonds. The van der Waals surface area contributed by atoms with Crippen LogP contribution in [-0.2, 0) is 6.42 Å². The second kappa shape index (κ2) is 5.19. The SMILES string of the molecule is COc1ccc(CCC=NO)cc1. The number of benzene rings is 1. The van der Waals surface area contributed by atoms with Gasteiger partial charge in [0.2, 0.25) is 0 Å². The van der Waals surface area contributed by atoms with Crippen LogP contribution in [-0.4, -0.2) is 18.5 Å². The fourth-order valence-electron chi connectivity index (χ4n) is 1.08. The van der Waals surface area contributed by atoms with Gasteiger partial charge >= 0.3 is 0 Å². The van der Waals surface area contributed by atoms with Crippen molar-refractivity contribution in [2.24, 2.45) is 5.16 Å². The van der Waals surface area contributed by atoms with Crippen LogP contribution < -0.4 is 4.74 Å². The maximum Gasteiger partial charge on any atom is 0.118 e. The smallest absolute Gasteiger partial charge is 0.118 e. The van der Waals surface area contributed by atoms with Gasteiger partial charge in [-0.3, -0.25) is 0 Å². The molecule has 13 heavy (non-hydrogen) atoms. The maximum absolute atomic E-state index is 8.18. The highest BCUT2D eigenvalue weighted by Crippen LogP contribution is 2.11. The van der Waals surface area contributed by atoms with Gasteiger partial charge in [-0.15, -0.1) is 5.16 Å². The van der Waals surface area contributed by atoms with E-state index in [2.05, 4.69) is 5.16 Å². The van der Waals surface area contributed by atoms with Crippen LogP contribution in [0.2, 0.25) is 0 Å². The normalized spacial score (nSPS) is 10.5. The number of nitrogens with zero attached hydrogens (tertiary/aromatic N) is 1. The zero-order valence-corrected chi connectivity index (χ0v) is 7.60. The molecule has 0 unspecified atom stereocenters. The molecule has 1 aromatic carbocycles. The van der Waals surface area contributed by atoms with Crippen LogP contribution >= 0.6 is 0 Å². The van der Waals surface area contributed by atoms with Crippen LogP contribution in [0.4, 0.5) is 0 Å². The molecule has 0 spiro atoms. The van der Waals surface area contributed by atoms with Crippen molar-refractivity contribution in [2.45, 2.75) is 12.8 Å². The lowest BCUT2D eigenvalue weighted by atomic mass is 10.1. The van der Waals surface area contributed by atoms with E-state index in [4.69, 9.17) is 9.94 Å². The van der Waals surface area contributed by atoms with Crippen LogP contribution in [0, 0.1) is 0 Å². The predicted octanol–water partition coefficient (Wildman–Crippen LogP) is 2.09. The fraction of sp³-hybridized carbons (Fsp3) is 0.300. The van der Waals surface area contributed by atoms with Crippen LogP contribution in [0.25, 0.3) is 0 Å². The molecule has 70 valence electrons. The Kier molecular flexibility index (Phi) is 3.82. The topological polar surface area (TPSA) is 41.8 Å². The zero-order chi connectivity index (χ0) is 9.52. The van der Waals surface area contributed by atoms with Gasteiger partial charge in [-0.25, -0.2) is 0 Å². The lowest BCUT2D eigenvalue weighted by molar-refractivity contribution is 0.320. The van der Waals surface area contributed by atoms with E-state index in [9.17, 15) is 0 Å². The number of ether oxygens (including phenoxy) is 1. The molecular formula is C10H13NO2. The summed E-state index contributed by atoms with van der Waals surface area (Å²) in [5.74, 6) is 0.861. The van der Waals surface area contributed by atoms with E-state index < -0.39 is 0 Å². The van der Waals surface area contributed by atoms with Crippen molar-refractivity contribution in [3.8, 4) is 5.75 Å². The Morgan fingerprint density at radius 3 is 2.62 bits per heavy atom. The van der Waals surface area contributed by atoms with Crippen LogP contribution in [0.5, 0.6) is 5.75 Å². The van der Waals surface area contributed by atoms with Crippen LogP contribution in [0.3, 0.4) is 0 Å². The van der Waals surface area contributed by atoms with E-state index >= 15 is 0 Å². The number of hydrogen-bond donors (Lipinski definition) is 1. The van der Waals surface area contributed by atoms with Crippen molar-refractivity contribution >= 4 is 6.21 Å². The van der Waals surface area contributed by atoms with Crippen molar-refractivity contribution in [3.05, 3.63) is 29.8 Å². The minimum absolute atomic E-state index is 0.753. The Labute approximate surface area is 77.6 Å². The molecule has 3 nitrogen and oxygen atoms in total. The molecule has 0 aliphatic rings. The first kappa shape index (κ1) is 9.58. The van der Waals surface area contributed by atoms with Gasteiger partial charge in [0.25, 0.3) is 0 Å². The summed E-state index contributed by atoms with van der Waals surface area (Å²) in [6.07, 6.45) is 3.13. The summed E-state index contributed by atoms with van der Waals surface area (Å²) < 4.78 is 5.03. The number of hydrogen-bond acceptors (Lipinski definition) is 3. The van der Waals surface area contributed by atoms with Gasteiger partial charge < -0.3 is 9.94 Å². The second-order valence-electron chi connectivity index (χ2n) is 2.68. The Hall–Kier alpha value is -1.51. The van der Waals surface area contributed by atoms with E-state index in [-0.39, 0.29) is 0 Å². The molecule has 0 fully saturated rings. The molecule has 1 N–H and O–H groups in total. The number of oxime groups is 1. The van der Waals surface area contributed by atoms with Crippen molar-refractivity contribution < 1.29 is 9.94 Å². The highest BCUT2D eigenvalue weighted by molar-refractivity contribution is 5.56. The van der Waals surface area contributed by atoms with Gasteiger partial charge in [0.05, 0.1) is 7.11 Å². The first-order valence-electron chi connectivity index (χ1n) is 4.15. The molecule has 1 rings (SSSR count). The van der Waals surface area contributed by atoms with Crippen molar-refractivity contribution in [1.29, 1.82) is 0 Å². The van der Waals surface area contributed by atoms with Crippen molar-refractivity contribution in [3.63, 3.8) is 0 Å². The zero-order valence-electron chi connectivity index (χ0n) is 7.60. The second-order valence-corrected chi connectivity index (χ2v) is 2.68. The minimum atomic E-state index is 0.753. The third kappa shape index (κ3) is 3.15. The Balaban J connectivity index is 2.49. The average molecular weight is 179 g/mol. The molecule has 0 aliphatic carbocycles. The van der Waals surface area contributed by atoms with E-state index in [1.54, 1.807) is 7.11 Å². The molecule has 0 aromatic heterocycles. The van der Waals surface area contributed by atoms with Gasteiger partial charge in [0.15, 0.2) is 0 Å². The Morgan fingerprint density at radius 1 is 1.38 bits per heavy atom. The highest BCUT2D eigenvalue weighted by atomic mass is 16.5. The number of aryl methyl sites for hydroxylation is 1. The minimum Gasteiger partial charge on any atom is -0.497 e. The van der Waals surface area contributed by atoms with Gasteiger partial charge in [0, 0.05) is 6.21 Å². The average Bonchev–Trinajstić information content (AvgIpc) is 2.19. The van der Waals surface area contributed by atoms with Gasteiger partial charge in [-0.2, -0.15) is 0 Å². The van der Waals surface area contributed by atoms with Crippen molar-refractivity contribution in [1.82, 2.24) is 0 Å². The molecule has 0 aliphatic heterocycles. The lowest BCUT2D eigenvalue weighted by Gasteiger charge is -2.00. The Morgan fingerprint density at radius 2 is 2.08 bits per heavy atom. The number of rotatable bonds is 4. The highest BCUT2D eigenvalue weighted by Gasteiger charge is 1.92. The molecule has 0 saturated carbocycles. The number of methoxy groups -OCH3 is 1. The van der Waals surface area contributed by atoms with Crippen LogP contribution in [0.15, 0.2) is 29.4 Å². The van der Waals surface area contributed by atoms with Crippen LogP contribution in [0.1, 0.15) is 12.0 Å². The summed E-state index contributed by atoms with van der Waals surface area (Å²) in [4.78, 5) is 0. The summed E-state index contributed by atoms with van der Waals surface area (Å²) in [6, 6.07) is 7.85.